The predicted molar refractivity (Wildman–Crippen MR) is 60.5 cm³/mol. The van der Waals surface area contributed by atoms with Gasteiger partial charge < -0.3 is 5.11 Å². The molecular weight excluding hydrogens is 218 g/mol. The number of carbonyl (C=O) groups excluding carboxylic acids is 2. The summed E-state index contributed by atoms with van der Waals surface area (Å²) in [5.41, 5.74) is 0.902. The van der Waals surface area contributed by atoms with Crippen molar-refractivity contribution in [1.29, 1.82) is 0 Å². The Bertz CT molecular complexity index is 500. The molecule has 0 saturated heterocycles. The lowest BCUT2D eigenvalue weighted by molar-refractivity contribution is 0.0596. The second-order valence-corrected chi connectivity index (χ2v) is 4.28. The van der Waals surface area contributed by atoms with Gasteiger partial charge in [0.1, 0.15) is 0 Å². The van der Waals surface area contributed by atoms with Gasteiger partial charge in [0.2, 0.25) is 0 Å². The van der Waals surface area contributed by atoms with Crippen molar-refractivity contribution in [3.05, 3.63) is 47.5 Å². The number of hydrogen-bond donors (Lipinski definition) is 1. The summed E-state index contributed by atoms with van der Waals surface area (Å²) in [4.78, 5) is 25.4. The Labute approximate surface area is 98.2 Å². The fraction of sp³-hybridized carbons (Fsp3) is 0.231. The van der Waals surface area contributed by atoms with Gasteiger partial charge in [-0.1, -0.05) is 24.3 Å². The molecule has 86 valence electrons. The number of rotatable bonds is 1. The summed E-state index contributed by atoms with van der Waals surface area (Å²) < 4.78 is 0. The number of carbonyl (C=O) groups is 2. The Balaban J connectivity index is 1.98. The third kappa shape index (κ3) is 1.41. The summed E-state index contributed by atoms with van der Waals surface area (Å²) in [6, 6.07) is 6.48. The molecule has 0 fully saturated rings. The minimum absolute atomic E-state index is 0.269. The van der Waals surface area contributed by atoms with E-state index in [1.54, 1.807) is 36.4 Å². The Morgan fingerprint density at radius 2 is 1.65 bits per heavy atom. The third-order valence-electron chi connectivity index (χ3n) is 3.20. The van der Waals surface area contributed by atoms with E-state index < -0.39 is 6.10 Å². The van der Waals surface area contributed by atoms with Crippen LogP contribution in [0, 0.1) is 0 Å². The highest BCUT2D eigenvalue weighted by Gasteiger charge is 2.40. The lowest BCUT2D eigenvalue weighted by atomic mass is 10.1. The van der Waals surface area contributed by atoms with Gasteiger partial charge in [0, 0.05) is 6.42 Å². The quantitative estimate of drug-likeness (QED) is 0.576. The van der Waals surface area contributed by atoms with E-state index in [9.17, 15) is 14.7 Å². The first-order valence-corrected chi connectivity index (χ1v) is 5.52. The highest BCUT2D eigenvalue weighted by molar-refractivity contribution is 6.21. The fourth-order valence-electron chi connectivity index (χ4n) is 2.36. The van der Waals surface area contributed by atoms with Crippen LogP contribution in [0.1, 0.15) is 27.1 Å². The maximum absolute atomic E-state index is 12.1. The molecule has 1 aromatic carbocycles. The van der Waals surface area contributed by atoms with Gasteiger partial charge in [-0.25, -0.2) is 0 Å². The van der Waals surface area contributed by atoms with Crippen LogP contribution in [-0.2, 0) is 0 Å². The van der Waals surface area contributed by atoms with Gasteiger partial charge in [0.05, 0.1) is 23.3 Å². The van der Waals surface area contributed by atoms with Crippen LogP contribution in [0.2, 0.25) is 0 Å². The first-order valence-electron chi connectivity index (χ1n) is 5.52. The minimum Gasteiger partial charge on any atom is -0.389 e. The Kier molecular flexibility index (Phi) is 2.12. The van der Waals surface area contributed by atoms with Gasteiger partial charge >= 0.3 is 0 Å². The van der Waals surface area contributed by atoms with Crippen molar-refractivity contribution in [2.75, 3.05) is 0 Å². The van der Waals surface area contributed by atoms with E-state index in [-0.39, 0.29) is 17.9 Å². The van der Waals surface area contributed by atoms with Gasteiger partial charge in [-0.3, -0.25) is 14.5 Å². The lowest BCUT2D eigenvalue weighted by Gasteiger charge is -2.20. The van der Waals surface area contributed by atoms with Crippen molar-refractivity contribution < 1.29 is 14.7 Å². The maximum atomic E-state index is 12.1. The molecule has 0 aromatic heterocycles. The molecule has 2 amide bonds. The zero-order chi connectivity index (χ0) is 12.0. The van der Waals surface area contributed by atoms with Gasteiger partial charge in [0.25, 0.3) is 11.8 Å². The molecule has 0 unspecified atom stereocenters. The summed E-state index contributed by atoms with van der Waals surface area (Å²) in [7, 11) is 0. The van der Waals surface area contributed by atoms with Crippen molar-refractivity contribution >= 4 is 11.8 Å². The number of amides is 2. The number of benzene rings is 1. The molecular formula is C13H11NO3. The van der Waals surface area contributed by atoms with Crippen LogP contribution < -0.4 is 0 Å². The molecule has 17 heavy (non-hydrogen) atoms. The monoisotopic (exact) mass is 229 g/mol. The SMILES string of the molecule is O=C1c2ccccc2C(=O)N1[C@H]1C=C[C@@H](O)C1. The van der Waals surface area contributed by atoms with Crippen LogP contribution in [0.5, 0.6) is 0 Å². The highest BCUT2D eigenvalue weighted by Crippen LogP contribution is 2.28. The first-order chi connectivity index (χ1) is 8.18. The van der Waals surface area contributed by atoms with E-state index in [4.69, 9.17) is 0 Å². The molecule has 0 saturated carbocycles. The molecule has 0 radical (unpaired) electrons. The average molecular weight is 229 g/mol. The van der Waals surface area contributed by atoms with Crippen LogP contribution in [0.25, 0.3) is 0 Å². The zero-order valence-electron chi connectivity index (χ0n) is 9.04. The molecule has 4 heteroatoms. The Morgan fingerprint density at radius 3 is 2.12 bits per heavy atom. The van der Waals surface area contributed by atoms with Gasteiger partial charge in [-0.15, -0.1) is 0 Å². The molecule has 1 N–H and O–H groups in total. The Hall–Kier alpha value is -1.94. The highest BCUT2D eigenvalue weighted by atomic mass is 16.3. The van der Waals surface area contributed by atoms with E-state index in [2.05, 4.69) is 0 Å². The van der Waals surface area contributed by atoms with Crippen molar-refractivity contribution in [1.82, 2.24) is 4.90 Å². The Morgan fingerprint density at radius 1 is 1.06 bits per heavy atom. The van der Waals surface area contributed by atoms with E-state index >= 15 is 0 Å². The molecule has 2 atom stereocenters. The van der Waals surface area contributed by atoms with Crippen LogP contribution in [0.4, 0.5) is 0 Å². The average Bonchev–Trinajstić information content (AvgIpc) is 2.84. The molecule has 4 nitrogen and oxygen atoms in total. The van der Waals surface area contributed by atoms with Crippen molar-refractivity contribution in [3.8, 4) is 0 Å². The van der Waals surface area contributed by atoms with Crippen LogP contribution in [0.15, 0.2) is 36.4 Å². The van der Waals surface area contributed by atoms with Gasteiger partial charge in [-0.2, -0.15) is 0 Å². The molecule has 3 rings (SSSR count). The van der Waals surface area contributed by atoms with Gasteiger partial charge in [-0.05, 0) is 12.1 Å². The van der Waals surface area contributed by atoms with Gasteiger partial charge in [0.15, 0.2) is 0 Å². The first kappa shape index (κ1) is 10.2. The number of imide groups is 1. The summed E-state index contributed by atoms with van der Waals surface area (Å²) in [6.07, 6.45) is 3.16. The van der Waals surface area contributed by atoms with E-state index in [1.807, 2.05) is 0 Å². The molecule has 2 aliphatic rings. The number of aliphatic hydroxyl groups is 1. The largest absolute Gasteiger partial charge is 0.389 e. The third-order valence-corrected chi connectivity index (χ3v) is 3.20. The fourth-order valence-corrected chi connectivity index (χ4v) is 2.36. The molecule has 1 aromatic rings. The van der Waals surface area contributed by atoms with Crippen LogP contribution >= 0.6 is 0 Å². The standard InChI is InChI=1S/C13H11NO3/c15-9-6-5-8(7-9)14-12(16)10-3-1-2-4-11(10)13(14)17/h1-6,8-9,15H,7H2/t8-,9+/m0/s1. The summed E-state index contributed by atoms with van der Waals surface area (Å²) in [5.74, 6) is -0.538. The number of nitrogens with zero attached hydrogens (tertiary/aromatic N) is 1. The summed E-state index contributed by atoms with van der Waals surface area (Å²) >= 11 is 0. The minimum atomic E-state index is -0.565. The normalized spacial score (nSPS) is 26.8. The second-order valence-electron chi connectivity index (χ2n) is 4.28. The molecule has 1 aliphatic heterocycles. The summed E-state index contributed by atoms with van der Waals surface area (Å²) in [6.45, 7) is 0. The molecule has 0 spiro atoms. The zero-order valence-corrected chi connectivity index (χ0v) is 9.04. The van der Waals surface area contributed by atoms with E-state index in [0.717, 1.165) is 0 Å². The topological polar surface area (TPSA) is 57.6 Å². The molecule has 1 aliphatic carbocycles. The lowest BCUT2D eigenvalue weighted by Crippen LogP contribution is -2.38. The van der Waals surface area contributed by atoms with Crippen molar-refractivity contribution in [2.24, 2.45) is 0 Å². The summed E-state index contributed by atoms with van der Waals surface area (Å²) in [5, 5.41) is 9.41. The van der Waals surface area contributed by atoms with Crippen LogP contribution in [-0.4, -0.2) is 34.0 Å². The second kappa shape index (κ2) is 3.53. The number of hydrogen-bond acceptors (Lipinski definition) is 3. The maximum Gasteiger partial charge on any atom is 0.262 e. The number of aliphatic hydroxyl groups excluding tert-OH is 1. The van der Waals surface area contributed by atoms with E-state index in [0.29, 0.717) is 17.5 Å². The predicted octanol–water partition coefficient (Wildman–Crippen LogP) is 0.972. The smallest absolute Gasteiger partial charge is 0.262 e. The van der Waals surface area contributed by atoms with Crippen molar-refractivity contribution in [2.45, 2.75) is 18.6 Å². The van der Waals surface area contributed by atoms with E-state index in [1.165, 1.54) is 4.90 Å². The number of fused-ring (bicyclic) bond motifs is 1. The van der Waals surface area contributed by atoms with Crippen molar-refractivity contribution in [3.63, 3.8) is 0 Å². The molecule has 1 heterocycles. The van der Waals surface area contributed by atoms with Crippen LogP contribution in [0.3, 0.4) is 0 Å². The molecule has 0 bridgehead atoms.